The van der Waals surface area contributed by atoms with Gasteiger partial charge < -0.3 is 14.9 Å². The molecule has 0 spiro atoms. The van der Waals surface area contributed by atoms with Crippen LogP contribution in [0.1, 0.15) is 32.3 Å². The van der Waals surface area contributed by atoms with Crippen molar-refractivity contribution in [2.75, 3.05) is 37.6 Å². The van der Waals surface area contributed by atoms with Crippen LogP contribution in [0.25, 0.3) is 6.08 Å². The number of hydrogen-bond acceptors (Lipinski definition) is 6. The molecule has 0 unspecified atom stereocenters. The van der Waals surface area contributed by atoms with E-state index in [1.165, 1.54) is 6.08 Å². The van der Waals surface area contributed by atoms with Crippen molar-refractivity contribution in [2.24, 2.45) is 0 Å². The van der Waals surface area contributed by atoms with Gasteiger partial charge in [-0.1, -0.05) is 0 Å². The van der Waals surface area contributed by atoms with E-state index < -0.39 is 11.1 Å². The quantitative estimate of drug-likeness (QED) is 0.736. The van der Waals surface area contributed by atoms with Crippen LogP contribution < -0.4 is 4.90 Å². The fourth-order valence-corrected chi connectivity index (χ4v) is 4.25. The van der Waals surface area contributed by atoms with Crippen molar-refractivity contribution < 1.29 is 19.5 Å². The lowest BCUT2D eigenvalue weighted by Gasteiger charge is -2.21. The van der Waals surface area contributed by atoms with Crippen molar-refractivity contribution in [2.45, 2.75) is 26.7 Å². The molecule has 0 aromatic heterocycles. The summed E-state index contributed by atoms with van der Waals surface area (Å²) in [7, 11) is 0. The highest BCUT2D eigenvalue weighted by Gasteiger charge is 2.37. The van der Waals surface area contributed by atoms with Crippen LogP contribution in [0.5, 0.6) is 5.75 Å². The number of carbonyl (C=O) groups is 3. The number of imide groups is 1. The summed E-state index contributed by atoms with van der Waals surface area (Å²) in [6, 6.07) is 5.26. The molecule has 2 aliphatic heterocycles. The Hall–Kier alpha value is -2.48. The van der Waals surface area contributed by atoms with E-state index in [-0.39, 0.29) is 23.1 Å². The van der Waals surface area contributed by atoms with Crippen LogP contribution in [0.4, 0.5) is 10.5 Å². The number of phenols is 1. The van der Waals surface area contributed by atoms with Gasteiger partial charge in [-0.05, 0) is 56.7 Å². The molecule has 0 radical (unpaired) electrons. The van der Waals surface area contributed by atoms with Gasteiger partial charge in [-0.3, -0.25) is 19.3 Å². The summed E-state index contributed by atoms with van der Waals surface area (Å²) in [5.74, 6) is -0.647. The van der Waals surface area contributed by atoms with E-state index >= 15 is 0 Å². The van der Waals surface area contributed by atoms with Gasteiger partial charge >= 0.3 is 0 Å². The number of phenolic OH excluding ortho intramolecular Hbond substituents is 1. The van der Waals surface area contributed by atoms with Crippen molar-refractivity contribution in [3.05, 3.63) is 28.7 Å². The van der Waals surface area contributed by atoms with Crippen LogP contribution >= 0.6 is 11.8 Å². The summed E-state index contributed by atoms with van der Waals surface area (Å²) in [6.45, 7) is 6.84. The molecule has 0 atom stereocenters. The zero-order valence-corrected chi connectivity index (χ0v) is 17.0. The zero-order chi connectivity index (χ0) is 20.3. The van der Waals surface area contributed by atoms with Gasteiger partial charge in [0.25, 0.3) is 11.1 Å². The largest absolute Gasteiger partial charge is 0.507 e. The molecule has 2 aliphatic rings. The van der Waals surface area contributed by atoms with Crippen LogP contribution in [-0.4, -0.2) is 64.7 Å². The minimum absolute atomic E-state index is 0.0457. The lowest BCUT2D eigenvalue weighted by molar-refractivity contribution is -0.135. The molecule has 1 aromatic rings. The molecule has 7 nitrogen and oxygen atoms in total. The van der Waals surface area contributed by atoms with Gasteiger partial charge in [0.15, 0.2) is 0 Å². The maximum absolute atomic E-state index is 12.6. The highest BCUT2D eigenvalue weighted by atomic mass is 32.2. The fraction of sp³-hybridized carbons (Fsp3) is 0.450. The monoisotopic (exact) mass is 403 g/mol. The number of anilines is 1. The molecule has 8 heteroatoms. The van der Waals surface area contributed by atoms with Crippen molar-refractivity contribution in [3.63, 3.8) is 0 Å². The average molecular weight is 404 g/mol. The van der Waals surface area contributed by atoms with Gasteiger partial charge in [-0.2, -0.15) is 0 Å². The van der Waals surface area contributed by atoms with Gasteiger partial charge in [0, 0.05) is 43.5 Å². The van der Waals surface area contributed by atoms with Gasteiger partial charge in [-0.15, -0.1) is 0 Å². The maximum Gasteiger partial charge on any atom is 0.294 e. The molecule has 150 valence electrons. The van der Waals surface area contributed by atoms with Crippen LogP contribution in [0, 0.1) is 0 Å². The SMILES string of the molecule is CCN(CC)c1ccc(/C=C2\SC(=O)N(CC(=O)N3CCCC3)C2=O)c(O)c1. The molecular weight excluding hydrogens is 378 g/mol. The number of likely N-dealkylation sites (tertiary alicyclic amines) is 1. The van der Waals surface area contributed by atoms with Gasteiger partial charge in [0.2, 0.25) is 5.91 Å². The third-order valence-electron chi connectivity index (χ3n) is 5.05. The van der Waals surface area contributed by atoms with Crippen molar-refractivity contribution >= 4 is 40.6 Å². The number of benzene rings is 1. The van der Waals surface area contributed by atoms with E-state index in [4.69, 9.17) is 0 Å². The smallest absolute Gasteiger partial charge is 0.294 e. The Morgan fingerprint density at radius 3 is 2.50 bits per heavy atom. The maximum atomic E-state index is 12.6. The normalized spacial score (nSPS) is 18.4. The Morgan fingerprint density at radius 2 is 1.89 bits per heavy atom. The Labute approximate surface area is 169 Å². The van der Waals surface area contributed by atoms with E-state index in [9.17, 15) is 19.5 Å². The third kappa shape index (κ3) is 4.16. The number of amides is 3. The molecule has 1 aromatic carbocycles. The van der Waals surface area contributed by atoms with E-state index in [0.717, 1.165) is 48.3 Å². The highest BCUT2D eigenvalue weighted by Crippen LogP contribution is 2.35. The van der Waals surface area contributed by atoms with E-state index in [1.54, 1.807) is 17.0 Å². The molecular formula is C20H25N3O4S. The molecule has 0 bridgehead atoms. The standard InChI is InChI=1S/C20H25N3O4S/c1-3-21(4-2)15-8-7-14(16(24)12-15)11-17-19(26)23(20(27)28-17)13-18(25)22-9-5-6-10-22/h7-8,11-12,24H,3-6,9-10,13H2,1-2H3/b17-11-. The number of aromatic hydroxyl groups is 1. The predicted molar refractivity (Wildman–Crippen MR) is 110 cm³/mol. The first-order valence-electron chi connectivity index (χ1n) is 9.55. The van der Waals surface area contributed by atoms with E-state index in [2.05, 4.69) is 4.90 Å². The Kier molecular flexibility index (Phi) is 6.28. The lowest BCUT2D eigenvalue weighted by Crippen LogP contribution is -2.40. The Bertz CT molecular complexity index is 814. The topological polar surface area (TPSA) is 81.2 Å². The second-order valence-electron chi connectivity index (χ2n) is 6.77. The first-order valence-corrected chi connectivity index (χ1v) is 10.4. The first-order chi connectivity index (χ1) is 13.4. The Morgan fingerprint density at radius 1 is 1.21 bits per heavy atom. The molecule has 28 heavy (non-hydrogen) atoms. The van der Waals surface area contributed by atoms with Crippen molar-refractivity contribution in [1.29, 1.82) is 0 Å². The number of carbonyl (C=O) groups excluding carboxylic acids is 3. The summed E-state index contributed by atoms with van der Waals surface area (Å²) in [6.07, 6.45) is 3.42. The molecule has 0 saturated carbocycles. The molecule has 2 heterocycles. The molecule has 2 saturated heterocycles. The molecule has 2 fully saturated rings. The average Bonchev–Trinajstić information content (AvgIpc) is 3.30. The van der Waals surface area contributed by atoms with E-state index in [1.807, 2.05) is 19.9 Å². The number of nitrogens with zero attached hydrogens (tertiary/aromatic N) is 3. The summed E-state index contributed by atoms with van der Waals surface area (Å²) in [5.41, 5.74) is 1.36. The molecule has 3 amide bonds. The first kappa shape index (κ1) is 20.3. The minimum atomic E-state index is -0.491. The minimum Gasteiger partial charge on any atom is -0.507 e. The second kappa shape index (κ2) is 8.68. The van der Waals surface area contributed by atoms with Crippen LogP contribution in [0.15, 0.2) is 23.1 Å². The second-order valence-corrected chi connectivity index (χ2v) is 7.76. The Balaban J connectivity index is 1.75. The predicted octanol–water partition coefficient (Wildman–Crippen LogP) is 2.90. The molecule has 0 aliphatic carbocycles. The zero-order valence-electron chi connectivity index (χ0n) is 16.2. The van der Waals surface area contributed by atoms with Crippen LogP contribution in [0.2, 0.25) is 0 Å². The summed E-state index contributed by atoms with van der Waals surface area (Å²) in [5, 5.41) is 9.89. The number of hydrogen-bond donors (Lipinski definition) is 1. The summed E-state index contributed by atoms with van der Waals surface area (Å²) >= 11 is 0.796. The summed E-state index contributed by atoms with van der Waals surface area (Å²) < 4.78 is 0. The van der Waals surface area contributed by atoms with E-state index in [0.29, 0.717) is 18.7 Å². The van der Waals surface area contributed by atoms with Gasteiger partial charge in [0.1, 0.15) is 12.3 Å². The van der Waals surface area contributed by atoms with Crippen LogP contribution in [-0.2, 0) is 9.59 Å². The third-order valence-corrected chi connectivity index (χ3v) is 5.96. The van der Waals surface area contributed by atoms with Gasteiger partial charge in [0.05, 0.1) is 4.91 Å². The number of thioether (sulfide) groups is 1. The van der Waals surface area contributed by atoms with Crippen molar-refractivity contribution in [3.8, 4) is 5.75 Å². The van der Waals surface area contributed by atoms with Crippen molar-refractivity contribution in [1.82, 2.24) is 9.80 Å². The summed E-state index contributed by atoms with van der Waals surface area (Å²) in [4.78, 5) is 42.1. The lowest BCUT2D eigenvalue weighted by atomic mass is 10.1. The molecule has 1 N–H and O–H groups in total. The highest BCUT2D eigenvalue weighted by molar-refractivity contribution is 8.18. The van der Waals surface area contributed by atoms with Crippen LogP contribution in [0.3, 0.4) is 0 Å². The van der Waals surface area contributed by atoms with Gasteiger partial charge in [-0.25, -0.2) is 0 Å². The molecule has 3 rings (SSSR count). The fourth-order valence-electron chi connectivity index (χ4n) is 3.42. The number of rotatable bonds is 6.